The van der Waals surface area contributed by atoms with E-state index >= 15 is 0 Å². The van der Waals surface area contributed by atoms with Crippen LogP contribution < -0.4 is 11.1 Å². The first kappa shape index (κ1) is 16.2. The summed E-state index contributed by atoms with van der Waals surface area (Å²) < 4.78 is 1.85. The maximum absolute atomic E-state index is 11.6. The summed E-state index contributed by atoms with van der Waals surface area (Å²) in [6, 6.07) is 9.12. The standard InChI is InChI=1S/C14H18N4O.ClH/c1-2-13(15)14(19)17-12-6-4-11(5-7-12)10-18-9-3-8-16-18;/h3-9,13H,2,10,15H2,1H3,(H,17,19);1H/t13-;/m0./s1. The van der Waals surface area contributed by atoms with E-state index in [2.05, 4.69) is 10.4 Å². The molecule has 2 aromatic rings. The molecule has 1 heterocycles. The Morgan fingerprint density at radius 1 is 1.40 bits per heavy atom. The van der Waals surface area contributed by atoms with Crippen LogP contribution in [-0.2, 0) is 11.3 Å². The van der Waals surface area contributed by atoms with Crippen molar-refractivity contribution in [2.45, 2.75) is 25.9 Å². The smallest absolute Gasteiger partial charge is 0.241 e. The number of hydrogen-bond acceptors (Lipinski definition) is 3. The summed E-state index contributed by atoms with van der Waals surface area (Å²) in [5.41, 5.74) is 7.55. The first-order valence-corrected chi connectivity index (χ1v) is 6.32. The van der Waals surface area contributed by atoms with Crippen molar-refractivity contribution < 1.29 is 4.79 Å². The number of amides is 1. The lowest BCUT2D eigenvalue weighted by Gasteiger charge is -2.10. The van der Waals surface area contributed by atoms with Crippen LogP contribution in [0.5, 0.6) is 0 Å². The zero-order valence-corrected chi connectivity index (χ0v) is 12.1. The van der Waals surface area contributed by atoms with Crippen LogP contribution in [0.1, 0.15) is 18.9 Å². The second-order valence-corrected chi connectivity index (χ2v) is 4.40. The Hall–Kier alpha value is -1.85. The van der Waals surface area contributed by atoms with Gasteiger partial charge in [0.1, 0.15) is 0 Å². The van der Waals surface area contributed by atoms with Crippen LogP contribution in [0.15, 0.2) is 42.7 Å². The van der Waals surface area contributed by atoms with Gasteiger partial charge in [-0.1, -0.05) is 19.1 Å². The van der Waals surface area contributed by atoms with Gasteiger partial charge >= 0.3 is 0 Å². The van der Waals surface area contributed by atoms with Crippen LogP contribution in [0.3, 0.4) is 0 Å². The largest absolute Gasteiger partial charge is 0.325 e. The molecule has 1 amide bonds. The van der Waals surface area contributed by atoms with Gasteiger partial charge in [0.2, 0.25) is 5.91 Å². The lowest BCUT2D eigenvalue weighted by molar-refractivity contribution is -0.117. The summed E-state index contributed by atoms with van der Waals surface area (Å²) in [6.07, 6.45) is 4.29. The highest BCUT2D eigenvalue weighted by Gasteiger charge is 2.10. The van der Waals surface area contributed by atoms with Gasteiger partial charge in [-0.05, 0) is 30.2 Å². The molecule has 2 rings (SSSR count). The quantitative estimate of drug-likeness (QED) is 0.886. The lowest BCUT2D eigenvalue weighted by Crippen LogP contribution is -2.34. The van der Waals surface area contributed by atoms with Crippen molar-refractivity contribution >= 4 is 24.0 Å². The Labute approximate surface area is 124 Å². The van der Waals surface area contributed by atoms with Crippen molar-refractivity contribution in [3.63, 3.8) is 0 Å². The van der Waals surface area contributed by atoms with Crippen molar-refractivity contribution in [2.75, 3.05) is 5.32 Å². The molecule has 3 N–H and O–H groups in total. The molecule has 0 aliphatic rings. The fourth-order valence-electron chi connectivity index (χ4n) is 1.69. The highest BCUT2D eigenvalue weighted by molar-refractivity contribution is 5.94. The minimum Gasteiger partial charge on any atom is -0.325 e. The number of carbonyl (C=O) groups excluding carboxylic acids is 1. The third kappa shape index (κ3) is 4.36. The molecule has 0 saturated heterocycles. The third-order valence-electron chi connectivity index (χ3n) is 2.90. The SMILES string of the molecule is CC[C@H](N)C(=O)Nc1ccc(Cn2cccn2)cc1.Cl. The molecule has 108 valence electrons. The van der Waals surface area contributed by atoms with Gasteiger partial charge in [0.15, 0.2) is 0 Å². The molecule has 1 aromatic carbocycles. The number of rotatable bonds is 5. The molecule has 0 aliphatic carbocycles. The molecule has 0 saturated carbocycles. The number of halogens is 1. The van der Waals surface area contributed by atoms with Crippen molar-refractivity contribution in [3.8, 4) is 0 Å². The van der Waals surface area contributed by atoms with Crippen LogP contribution in [-0.4, -0.2) is 21.7 Å². The molecule has 20 heavy (non-hydrogen) atoms. The Bertz CT molecular complexity index is 525. The van der Waals surface area contributed by atoms with E-state index < -0.39 is 6.04 Å². The summed E-state index contributed by atoms with van der Waals surface area (Å²) in [4.78, 5) is 11.6. The number of benzene rings is 1. The van der Waals surface area contributed by atoms with Gasteiger partial charge in [-0.3, -0.25) is 9.48 Å². The first-order chi connectivity index (χ1) is 9.19. The number of aromatic nitrogens is 2. The van der Waals surface area contributed by atoms with E-state index in [1.54, 1.807) is 6.20 Å². The molecule has 0 bridgehead atoms. The molecular weight excluding hydrogens is 276 g/mol. The summed E-state index contributed by atoms with van der Waals surface area (Å²) in [7, 11) is 0. The minimum atomic E-state index is -0.455. The Balaban J connectivity index is 0.00000200. The Kier molecular flexibility index (Phi) is 6.21. The Morgan fingerprint density at radius 2 is 2.10 bits per heavy atom. The van der Waals surface area contributed by atoms with Gasteiger partial charge < -0.3 is 11.1 Å². The van der Waals surface area contributed by atoms with E-state index in [9.17, 15) is 4.79 Å². The summed E-state index contributed by atoms with van der Waals surface area (Å²) in [5.74, 6) is -0.151. The number of nitrogens with two attached hydrogens (primary N) is 1. The molecule has 5 nitrogen and oxygen atoms in total. The number of hydrogen-bond donors (Lipinski definition) is 2. The van der Waals surface area contributed by atoms with Crippen LogP contribution in [0, 0.1) is 0 Å². The molecule has 0 unspecified atom stereocenters. The summed E-state index contributed by atoms with van der Waals surface area (Å²) >= 11 is 0. The third-order valence-corrected chi connectivity index (χ3v) is 2.90. The van der Waals surface area contributed by atoms with Gasteiger partial charge in [-0.25, -0.2) is 0 Å². The van der Waals surface area contributed by atoms with Crippen molar-refractivity contribution in [2.24, 2.45) is 5.73 Å². The van der Waals surface area contributed by atoms with Crippen LogP contribution in [0.4, 0.5) is 5.69 Å². The fraction of sp³-hybridized carbons (Fsp3) is 0.286. The lowest BCUT2D eigenvalue weighted by atomic mass is 10.2. The molecule has 0 spiro atoms. The van der Waals surface area contributed by atoms with Gasteiger partial charge in [-0.15, -0.1) is 12.4 Å². The van der Waals surface area contributed by atoms with Crippen molar-refractivity contribution in [3.05, 3.63) is 48.3 Å². The molecule has 0 fully saturated rings. The molecule has 0 radical (unpaired) electrons. The second-order valence-electron chi connectivity index (χ2n) is 4.40. The van der Waals surface area contributed by atoms with Gasteiger partial charge in [0, 0.05) is 18.1 Å². The van der Waals surface area contributed by atoms with E-state index in [0.717, 1.165) is 17.8 Å². The van der Waals surface area contributed by atoms with Gasteiger partial charge in [0.05, 0.1) is 12.6 Å². The van der Waals surface area contributed by atoms with E-state index in [1.165, 1.54) is 0 Å². The average molecular weight is 295 g/mol. The van der Waals surface area contributed by atoms with Crippen LogP contribution in [0.2, 0.25) is 0 Å². The molecule has 1 aromatic heterocycles. The highest BCUT2D eigenvalue weighted by Crippen LogP contribution is 2.11. The number of nitrogens with zero attached hydrogens (tertiary/aromatic N) is 2. The topological polar surface area (TPSA) is 72.9 Å². The number of anilines is 1. The molecular formula is C14H19ClN4O. The second kappa shape index (κ2) is 7.67. The molecule has 1 atom stereocenters. The van der Waals surface area contributed by atoms with Crippen LogP contribution >= 0.6 is 12.4 Å². The molecule has 6 heteroatoms. The maximum Gasteiger partial charge on any atom is 0.241 e. The normalized spacial score (nSPS) is 11.5. The van der Waals surface area contributed by atoms with Gasteiger partial charge in [0.25, 0.3) is 0 Å². The predicted octanol–water partition coefficient (Wildman–Crippen LogP) is 2.03. The zero-order chi connectivity index (χ0) is 13.7. The summed E-state index contributed by atoms with van der Waals surface area (Å²) in [5, 5.41) is 6.94. The van der Waals surface area contributed by atoms with E-state index in [-0.39, 0.29) is 18.3 Å². The van der Waals surface area contributed by atoms with E-state index in [1.807, 2.05) is 48.1 Å². The summed E-state index contributed by atoms with van der Waals surface area (Å²) in [6.45, 7) is 2.60. The molecule has 0 aliphatic heterocycles. The maximum atomic E-state index is 11.6. The minimum absolute atomic E-state index is 0. The van der Waals surface area contributed by atoms with Crippen LogP contribution in [0.25, 0.3) is 0 Å². The Morgan fingerprint density at radius 3 is 2.65 bits per heavy atom. The van der Waals surface area contributed by atoms with E-state index in [4.69, 9.17) is 5.73 Å². The fourth-order valence-corrected chi connectivity index (χ4v) is 1.69. The number of carbonyl (C=O) groups is 1. The number of nitrogens with one attached hydrogen (secondary N) is 1. The van der Waals surface area contributed by atoms with E-state index in [0.29, 0.717) is 6.42 Å². The van der Waals surface area contributed by atoms with Crippen molar-refractivity contribution in [1.29, 1.82) is 0 Å². The van der Waals surface area contributed by atoms with Gasteiger partial charge in [-0.2, -0.15) is 5.10 Å². The monoisotopic (exact) mass is 294 g/mol. The first-order valence-electron chi connectivity index (χ1n) is 6.32. The average Bonchev–Trinajstić information content (AvgIpc) is 2.93. The predicted molar refractivity (Wildman–Crippen MR) is 81.9 cm³/mol. The highest BCUT2D eigenvalue weighted by atomic mass is 35.5. The van der Waals surface area contributed by atoms with Crippen molar-refractivity contribution in [1.82, 2.24) is 9.78 Å². The zero-order valence-electron chi connectivity index (χ0n) is 11.3.